The summed E-state index contributed by atoms with van der Waals surface area (Å²) in [5.74, 6) is 0.442. The summed E-state index contributed by atoms with van der Waals surface area (Å²) in [6, 6.07) is 3.53. The highest BCUT2D eigenvalue weighted by molar-refractivity contribution is 5.84. The molecule has 0 unspecified atom stereocenters. The first-order valence-electron chi connectivity index (χ1n) is 7.28. The first-order valence-corrected chi connectivity index (χ1v) is 7.28. The first kappa shape index (κ1) is 16.7. The van der Waals surface area contributed by atoms with E-state index >= 15 is 0 Å². The average molecular weight is 309 g/mol. The Bertz CT molecular complexity index is 516. The molecule has 0 saturated carbocycles. The SMILES string of the molecule is CC(C)(C)OC(=O)Nc1ncccc1CN[C@H]1COC[C@H]1O. The quantitative estimate of drug-likeness (QED) is 0.776. The molecule has 7 heteroatoms. The van der Waals surface area contributed by atoms with Crippen LogP contribution in [-0.2, 0) is 16.0 Å². The predicted molar refractivity (Wildman–Crippen MR) is 81.5 cm³/mol. The maximum Gasteiger partial charge on any atom is 0.413 e. The molecule has 1 aromatic heterocycles. The molecule has 2 atom stereocenters. The Kier molecular flexibility index (Phi) is 5.33. The van der Waals surface area contributed by atoms with Gasteiger partial charge in [-0.3, -0.25) is 5.32 Å². The molecule has 0 spiro atoms. The summed E-state index contributed by atoms with van der Waals surface area (Å²) < 4.78 is 10.4. The van der Waals surface area contributed by atoms with E-state index < -0.39 is 17.8 Å². The van der Waals surface area contributed by atoms with E-state index in [1.54, 1.807) is 33.0 Å². The Morgan fingerprint density at radius 1 is 1.50 bits per heavy atom. The molecule has 22 heavy (non-hydrogen) atoms. The Labute approximate surface area is 130 Å². The number of rotatable bonds is 4. The van der Waals surface area contributed by atoms with Gasteiger partial charge in [-0.05, 0) is 26.8 Å². The van der Waals surface area contributed by atoms with Crippen LogP contribution in [0, 0.1) is 0 Å². The zero-order valence-corrected chi connectivity index (χ0v) is 13.1. The Morgan fingerprint density at radius 3 is 2.91 bits per heavy atom. The van der Waals surface area contributed by atoms with Crippen LogP contribution < -0.4 is 10.6 Å². The van der Waals surface area contributed by atoms with Gasteiger partial charge in [0.15, 0.2) is 0 Å². The molecular weight excluding hydrogens is 286 g/mol. The summed E-state index contributed by atoms with van der Waals surface area (Å²) in [5, 5.41) is 15.6. The van der Waals surface area contributed by atoms with Gasteiger partial charge in [-0.25, -0.2) is 9.78 Å². The zero-order chi connectivity index (χ0) is 16.2. The van der Waals surface area contributed by atoms with Gasteiger partial charge in [-0.2, -0.15) is 0 Å². The number of carbonyl (C=O) groups is 1. The Balaban J connectivity index is 1.96. The maximum atomic E-state index is 11.8. The van der Waals surface area contributed by atoms with Crippen molar-refractivity contribution in [1.82, 2.24) is 10.3 Å². The predicted octanol–water partition coefficient (Wildman–Crippen LogP) is 1.28. The highest BCUT2D eigenvalue weighted by Gasteiger charge is 2.25. The molecule has 0 aliphatic carbocycles. The number of hydrogen-bond donors (Lipinski definition) is 3. The van der Waals surface area contributed by atoms with Crippen molar-refractivity contribution < 1.29 is 19.4 Å². The highest BCUT2D eigenvalue weighted by Crippen LogP contribution is 2.15. The van der Waals surface area contributed by atoms with Gasteiger partial charge >= 0.3 is 6.09 Å². The lowest BCUT2D eigenvalue weighted by Crippen LogP contribution is -2.38. The number of nitrogens with one attached hydrogen (secondary N) is 2. The van der Waals surface area contributed by atoms with Gasteiger partial charge in [0.05, 0.1) is 25.4 Å². The number of aliphatic hydroxyl groups excluding tert-OH is 1. The van der Waals surface area contributed by atoms with Crippen molar-refractivity contribution in [3.05, 3.63) is 23.9 Å². The molecule has 1 fully saturated rings. The number of amides is 1. The van der Waals surface area contributed by atoms with Crippen LogP contribution in [0.15, 0.2) is 18.3 Å². The Morgan fingerprint density at radius 2 is 2.27 bits per heavy atom. The summed E-state index contributed by atoms with van der Waals surface area (Å²) in [6.45, 7) is 6.67. The van der Waals surface area contributed by atoms with Gasteiger partial charge in [-0.15, -0.1) is 0 Å². The lowest BCUT2D eigenvalue weighted by molar-refractivity contribution is 0.0635. The number of aromatic nitrogens is 1. The number of hydrogen-bond acceptors (Lipinski definition) is 6. The third-order valence-electron chi connectivity index (χ3n) is 3.12. The average Bonchev–Trinajstić information content (AvgIpc) is 2.81. The minimum absolute atomic E-state index is 0.116. The van der Waals surface area contributed by atoms with Crippen LogP contribution in [-0.4, -0.2) is 47.1 Å². The number of nitrogens with zero attached hydrogens (tertiary/aromatic N) is 1. The number of anilines is 1. The van der Waals surface area contributed by atoms with E-state index in [1.807, 2.05) is 6.07 Å². The van der Waals surface area contributed by atoms with Gasteiger partial charge in [0.1, 0.15) is 11.4 Å². The lowest BCUT2D eigenvalue weighted by Gasteiger charge is -2.20. The van der Waals surface area contributed by atoms with Gasteiger partial charge in [0.25, 0.3) is 0 Å². The molecule has 7 nitrogen and oxygen atoms in total. The normalized spacial score (nSPS) is 21.6. The molecule has 1 saturated heterocycles. The van der Waals surface area contributed by atoms with Gasteiger partial charge in [-0.1, -0.05) is 6.07 Å². The number of ether oxygens (including phenoxy) is 2. The van der Waals surface area contributed by atoms with Gasteiger partial charge in [0.2, 0.25) is 0 Å². The van der Waals surface area contributed by atoms with Crippen molar-refractivity contribution in [2.45, 2.75) is 45.1 Å². The largest absolute Gasteiger partial charge is 0.444 e. The summed E-state index contributed by atoms with van der Waals surface area (Å²) in [6.07, 6.45) is 0.541. The van der Waals surface area contributed by atoms with Crippen LogP contribution in [0.4, 0.5) is 10.6 Å². The van der Waals surface area contributed by atoms with Crippen LogP contribution >= 0.6 is 0 Å². The van der Waals surface area contributed by atoms with Crippen LogP contribution in [0.5, 0.6) is 0 Å². The van der Waals surface area contributed by atoms with Crippen LogP contribution in [0.2, 0.25) is 0 Å². The summed E-state index contributed by atoms with van der Waals surface area (Å²) in [4.78, 5) is 16.0. The summed E-state index contributed by atoms with van der Waals surface area (Å²) >= 11 is 0. The van der Waals surface area contributed by atoms with E-state index in [4.69, 9.17) is 9.47 Å². The smallest absolute Gasteiger partial charge is 0.413 e. The second-order valence-corrected chi connectivity index (χ2v) is 6.23. The molecule has 3 N–H and O–H groups in total. The molecule has 122 valence electrons. The fourth-order valence-electron chi connectivity index (χ4n) is 2.07. The van der Waals surface area contributed by atoms with Crippen molar-refractivity contribution in [1.29, 1.82) is 0 Å². The lowest BCUT2D eigenvalue weighted by atomic mass is 10.2. The van der Waals surface area contributed by atoms with Crippen molar-refractivity contribution >= 4 is 11.9 Å². The molecule has 1 aliphatic heterocycles. The molecular formula is C15H23N3O4. The molecule has 1 aromatic rings. The van der Waals surface area contributed by atoms with Crippen molar-refractivity contribution in [2.75, 3.05) is 18.5 Å². The minimum Gasteiger partial charge on any atom is -0.444 e. The van der Waals surface area contributed by atoms with E-state index in [-0.39, 0.29) is 6.04 Å². The van der Waals surface area contributed by atoms with Crippen molar-refractivity contribution in [3.8, 4) is 0 Å². The fraction of sp³-hybridized carbons (Fsp3) is 0.600. The maximum absolute atomic E-state index is 11.8. The van der Waals surface area contributed by atoms with E-state index in [0.29, 0.717) is 25.6 Å². The third-order valence-corrected chi connectivity index (χ3v) is 3.12. The zero-order valence-electron chi connectivity index (χ0n) is 13.1. The van der Waals surface area contributed by atoms with Crippen LogP contribution in [0.1, 0.15) is 26.3 Å². The number of pyridine rings is 1. The van der Waals surface area contributed by atoms with Crippen molar-refractivity contribution in [3.63, 3.8) is 0 Å². The molecule has 0 bridgehead atoms. The van der Waals surface area contributed by atoms with E-state index in [2.05, 4.69) is 15.6 Å². The minimum atomic E-state index is -0.567. The number of carbonyl (C=O) groups excluding carboxylic acids is 1. The number of aliphatic hydroxyl groups is 1. The molecule has 1 amide bonds. The van der Waals surface area contributed by atoms with Crippen LogP contribution in [0.3, 0.4) is 0 Å². The van der Waals surface area contributed by atoms with Gasteiger partial charge in [0, 0.05) is 18.3 Å². The standard InChI is InChI=1S/C15H23N3O4/c1-15(2,3)22-14(20)18-13-10(5-4-6-16-13)7-17-11-8-21-9-12(11)19/h4-6,11-12,17,19H,7-9H2,1-3H3,(H,16,18,20)/t11-,12+/m0/s1. The third kappa shape index (κ3) is 4.94. The van der Waals surface area contributed by atoms with E-state index in [0.717, 1.165) is 5.56 Å². The highest BCUT2D eigenvalue weighted by atomic mass is 16.6. The molecule has 1 aliphatic rings. The summed E-state index contributed by atoms with van der Waals surface area (Å²) in [7, 11) is 0. The second kappa shape index (κ2) is 7.04. The van der Waals surface area contributed by atoms with Crippen LogP contribution in [0.25, 0.3) is 0 Å². The first-order chi connectivity index (χ1) is 10.3. The Hall–Kier alpha value is -1.70. The van der Waals surface area contributed by atoms with E-state index in [1.165, 1.54) is 0 Å². The molecule has 0 radical (unpaired) electrons. The molecule has 0 aromatic carbocycles. The monoisotopic (exact) mass is 309 g/mol. The second-order valence-electron chi connectivity index (χ2n) is 6.23. The summed E-state index contributed by atoms with van der Waals surface area (Å²) in [5.41, 5.74) is 0.246. The fourth-order valence-corrected chi connectivity index (χ4v) is 2.07. The van der Waals surface area contributed by atoms with Gasteiger partial charge < -0.3 is 19.9 Å². The topological polar surface area (TPSA) is 92.7 Å². The van der Waals surface area contributed by atoms with E-state index in [9.17, 15) is 9.90 Å². The molecule has 2 rings (SSSR count). The van der Waals surface area contributed by atoms with Crippen molar-refractivity contribution in [2.24, 2.45) is 0 Å². The molecule has 2 heterocycles.